The summed E-state index contributed by atoms with van der Waals surface area (Å²) in [6.07, 6.45) is 2.56. The fourth-order valence-electron chi connectivity index (χ4n) is 1.54. The first-order valence-electron chi connectivity index (χ1n) is 4.85. The Morgan fingerprint density at radius 1 is 1.53 bits per heavy atom. The second-order valence-electron chi connectivity index (χ2n) is 3.45. The van der Waals surface area contributed by atoms with Gasteiger partial charge in [0.1, 0.15) is 5.76 Å². The van der Waals surface area contributed by atoms with Crippen LogP contribution in [0.3, 0.4) is 0 Å². The van der Waals surface area contributed by atoms with Gasteiger partial charge >= 0.3 is 0 Å². The minimum absolute atomic E-state index is 0.213. The van der Waals surface area contributed by atoms with Crippen molar-refractivity contribution < 1.29 is 14.0 Å². The van der Waals surface area contributed by atoms with Gasteiger partial charge in [0.25, 0.3) is 0 Å². The molecule has 1 saturated heterocycles. The fraction of sp³-hybridized carbons (Fsp3) is 0.400. The number of carbonyl (C=O) groups is 2. The van der Waals surface area contributed by atoms with E-state index in [1.807, 2.05) is 12.1 Å². The van der Waals surface area contributed by atoms with E-state index in [0.717, 1.165) is 5.76 Å². The molecule has 15 heavy (non-hydrogen) atoms. The molecule has 1 aromatic rings. The lowest BCUT2D eigenvalue weighted by atomic mass is 10.2. The molecular weight excluding hydrogens is 196 g/mol. The predicted octanol–water partition coefficient (Wildman–Crippen LogP) is -0.173. The highest BCUT2D eigenvalue weighted by molar-refractivity contribution is 6.05. The van der Waals surface area contributed by atoms with E-state index in [-0.39, 0.29) is 24.3 Å². The molecule has 1 aromatic heterocycles. The standard InChI is InChI=1S/C10H12N2O3/c13-9-6-8(10(14)12-9)11-4-3-7-2-1-5-15-7/h1-2,5,8,11H,3-4,6H2,(H,12,13,14). The van der Waals surface area contributed by atoms with E-state index in [9.17, 15) is 9.59 Å². The molecule has 2 rings (SSSR count). The normalized spacial score (nSPS) is 20.7. The third-order valence-corrected chi connectivity index (χ3v) is 2.31. The van der Waals surface area contributed by atoms with Gasteiger partial charge in [0, 0.05) is 13.0 Å². The van der Waals surface area contributed by atoms with Crippen molar-refractivity contribution in [3.63, 3.8) is 0 Å². The van der Waals surface area contributed by atoms with Crippen molar-refractivity contribution in [2.45, 2.75) is 18.9 Å². The molecule has 0 spiro atoms. The number of carbonyl (C=O) groups excluding carboxylic acids is 2. The van der Waals surface area contributed by atoms with Crippen LogP contribution in [0.1, 0.15) is 12.2 Å². The number of amides is 2. The molecule has 0 bridgehead atoms. The van der Waals surface area contributed by atoms with E-state index in [2.05, 4.69) is 10.6 Å². The summed E-state index contributed by atoms with van der Waals surface area (Å²) in [5.74, 6) is 0.419. The van der Waals surface area contributed by atoms with E-state index >= 15 is 0 Å². The van der Waals surface area contributed by atoms with Gasteiger partial charge in [0.05, 0.1) is 18.7 Å². The van der Waals surface area contributed by atoms with E-state index < -0.39 is 0 Å². The summed E-state index contributed by atoms with van der Waals surface area (Å²) in [6.45, 7) is 0.624. The Morgan fingerprint density at radius 2 is 2.40 bits per heavy atom. The van der Waals surface area contributed by atoms with Crippen LogP contribution < -0.4 is 10.6 Å². The average Bonchev–Trinajstić information content (AvgIpc) is 2.77. The maximum atomic E-state index is 11.2. The highest BCUT2D eigenvalue weighted by Crippen LogP contribution is 2.03. The monoisotopic (exact) mass is 208 g/mol. The van der Waals surface area contributed by atoms with Crippen molar-refractivity contribution in [2.24, 2.45) is 0 Å². The molecule has 1 aliphatic heterocycles. The maximum absolute atomic E-state index is 11.2. The molecule has 0 aromatic carbocycles. The Bertz CT molecular complexity index is 359. The topological polar surface area (TPSA) is 71.3 Å². The Balaban J connectivity index is 1.74. The van der Waals surface area contributed by atoms with Crippen molar-refractivity contribution in [1.82, 2.24) is 10.6 Å². The third kappa shape index (κ3) is 2.44. The van der Waals surface area contributed by atoms with Crippen LogP contribution in [0.25, 0.3) is 0 Å². The van der Waals surface area contributed by atoms with Crippen LogP contribution in [-0.4, -0.2) is 24.4 Å². The van der Waals surface area contributed by atoms with E-state index in [4.69, 9.17) is 4.42 Å². The quantitative estimate of drug-likeness (QED) is 0.674. The van der Waals surface area contributed by atoms with Gasteiger partial charge < -0.3 is 9.73 Å². The Kier molecular flexibility index (Phi) is 2.82. The smallest absolute Gasteiger partial charge is 0.244 e. The lowest BCUT2D eigenvalue weighted by molar-refractivity contribution is -0.125. The number of imide groups is 1. The van der Waals surface area contributed by atoms with Crippen molar-refractivity contribution in [2.75, 3.05) is 6.54 Å². The zero-order valence-corrected chi connectivity index (χ0v) is 8.16. The molecule has 1 atom stereocenters. The molecule has 1 unspecified atom stereocenters. The van der Waals surface area contributed by atoms with Crippen LogP contribution >= 0.6 is 0 Å². The number of furan rings is 1. The van der Waals surface area contributed by atoms with E-state index in [0.29, 0.717) is 13.0 Å². The summed E-state index contributed by atoms with van der Waals surface area (Å²) in [5.41, 5.74) is 0. The SMILES string of the molecule is O=C1CC(NCCc2ccco2)C(=O)N1. The minimum Gasteiger partial charge on any atom is -0.469 e. The summed E-state index contributed by atoms with van der Waals surface area (Å²) in [4.78, 5) is 22.0. The zero-order chi connectivity index (χ0) is 10.7. The number of nitrogens with one attached hydrogen (secondary N) is 2. The Morgan fingerprint density at radius 3 is 3.00 bits per heavy atom. The first-order valence-corrected chi connectivity index (χ1v) is 4.85. The lowest BCUT2D eigenvalue weighted by Gasteiger charge is -2.07. The maximum Gasteiger partial charge on any atom is 0.244 e. The fourth-order valence-corrected chi connectivity index (χ4v) is 1.54. The molecule has 0 aliphatic carbocycles. The number of hydrogen-bond acceptors (Lipinski definition) is 4. The molecular formula is C10H12N2O3. The number of rotatable bonds is 4. The van der Waals surface area contributed by atoms with Crippen molar-refractivity contribution in [1.29, 1.82) is 0 Å². The van der Waals surface area contributed by atoms with Gasteiger partial charge in [-0.05, 0) is 12.1 Å². The lowest BCUT2D eigenvalue weighted by Crippen LogP contribution is -2.37. The van der Waals surface area contributed by atoms with Gasteiger partial charge in [-0.25, -0.2) is 0 Å². The molecule has 5 heteroatoms. The molecule has 2 N–H and O–H groups in total. The summed E-state index contributed by atoms with van der Waals surface area (Å²) in [6, 6.07) is 3.32. The average molecular weight is 208 g/mol. The third-order valence-electron chi connectivity index (χ3n) is 2.31. The highest BCUT2D eigenvalue weighted by atomic mass is 16.3. The molecule has 1 fully saturated rings. The molecule has 0 saturated carbocycles. The molecule has 2 amide bonds. The van der Waals surface area contributed by atoms with Crippen molar-refractivity contribution in [3.05, 3.63) is 24.2 Å². The minimum atomic E-state index is -0.382. The summed E-state index contributed by atoms with van der Waals surface area (Å²) in [7, 11) is 0. The predicted molar refractivity (Wildman–Crippen MR) is 52.0 cm³/mol. The van der Waals surface area contributed by atoms with Crippen molar-refractivity contribution in [3.8, 4) is 0 Å². The Hall–Kier alpha value is -1.62. The van der Waals surface area contributed by atoms with Crippen LogP contribution in [0.2, 0.25) is 0 Å². The first kappa shape index (κ1) is 9.92. The zero-order valence-electron chi connectivity index (χ0n) is 8.16. The Labute approximate surface area is 86.8 Å². The van der Waals surface area contributed by atoms with Gasteiger partial charge in [0.15, 0.2) is 0 Å². The molecule has 2 heterocycles. The van der Waals surface area contributed by atoms with Gasteiger partial charge in [0.2, 0.25) is 11.8 Å². The number of hydrogen-bond donors (Lipinski definition) is 2. The highest BCUT2D eigenvalue weighted by Gasteiger charge is 2.29. The van der Waals surface area contributed by atoms with Gasteiger partial charge in [-0.3, -0.25) is 14.9 Å². The largest absolute Gasteiger partial charge is 0.469 e. The van der Waals surface area contributed by atoms with E-state index in [1.165, 1.54) is 0 Å². The second-order valence-corrected chi connectivity index (χ2v) is 3.45. The van der Waals surface area contributed by atoms with Crippen LogP contribution in [0.15, 0.2) is 22.8 Å². The van der Waals surface area contributed by atoms with Crippen LogP contribution in [0.5, 0.6) is 0 Å². The van der Waals surface area contributed by atoms with Crippen LogP contribution in [-0.2, 0) is 16.0 Å². The summed E-state index contributed by atoms with van der Waals surface area (Å²) >= 11 is 0. The first-order chi connectivity index (χ1) is 7.25. The molecule has 80 valence electrons. The van der Waals surface area contributed by atoms with Crippen molar-refractivity contribution >= 4 is 11.8 Å². The van der Waals surface area contributed by atoms with Gasteiger partial charge in [-0.2, -0.15) is 0 Å². The molecule has 1 aliphatic rings. The second kappa shape index (κ2) is 4.27. The van der Waals surface area contributed by atoms with Gasteiger partial charge in [-0.15, -0.1) is 0 Å². The molecule has 0 radical (unpaired) electrons. The summed E-state index contributed by atoms with van der Waals surface area (Å²) in [5, 5.41) is 5.25. The van der Waals surface area contributed by atoms with Crippen LogP contribution in [0.4, 0.5) is 0 Å². The van der Waals surface area contributed by atoms with Gasteiger partial charge in [-0.1, -0.05) is 0 Å². The van der Waals surface area contributed by atoms with E-state index in [1.54, 1.807) is 6.26 Å². The summed E-state index contributed by atoms with van der Waals surface area (Å²) < 4.78 is 5.14. The molecule has 5 nitrogen and oxygen atoms in total. The van der Waals surface area contributed by atoms with Crippen LogP contribution in [0, 0.1) is 0 Å².